The number of halogens is 1. The summed E-state index contributed by atoms with van der Waals surface area (Å²) in [5, 5.41) is 2.88. The van der Waals surface area contributed by atoms with Crippen LogP contribution in [-0.4, -0.2) is 22.9 Å². The minimum absolute atomic E-state index is 0.329. The molecule has 1 rings (SSSR count). The van der Waals surface area contributed by atoms with Crippen molar-refractivity contribution in [1.29, 1.82) is 0 Å². The third kappa shape index (κ3) is 3.13. The lowest BCUT2D eigenvalue weighted by Gasteiger charge is -1.95. The van der Waals surface area contributed by atoms with E-state index in [1.165, 1.54) is 11.3 Å². The number of rotatable bonds is 2. The van der Waals surface area contributed by atoms with Gasteiger partial charge in [0, 0.05) is 5.38 Å². The van der Waals surface area contributed by atoms with Gasteiger partial charge in [0.1, 0.15) is 0 Å². The first-order chi connectivity index (χ1) is 6.77. The Morgan fingerprint density at radius 3 is 3.21 bits per heavy atom. The lowest BCUT2D eigenvalue weighted by Crippen LogP contribution is -2.04. The van der Waals surface area contributed by atoms with Crippen LogP contribution >= 0.6 is 27.3 Å². The topological polar surface area (TPSA) is 39.2 Å². The molecule has 3 nitrogen and oxygen atoms in total. The molecule has 0 saturated carbocycles. The largest absolute Gasteiger partial charge is 0.461 e. The molecule has 0 unspecified atom stereocenters. The van der Waals surface area contributed by atoms with Crippen molar-refractivity contribution in [2.24, 2.45) is 0 Å². The predicted octanol–water partition coefficient (Wildman–Crippen LogP) is 2.07. The van der Waals surface area contributed by atoms with Gasteiger partial charge >= 0.3 is 5.97 Å². The molecule has 0 bridgehead atoms. The van der Waals surface area contributed by atoms with E-state index < -0.39 is 5.97 Å². The van der Waals surface area contributed by atoms with Gasteiger partial charge in [0.05, 0.1) is 11.9 Å². The van der Waals surface area contributed by atoms with Crippen LogP contribution in [0.5, 0.6) is 0 Å². The molecule has 0 N–H and O–H groups in total. The van der Waals surface area contributed by atoms with Crippen molar-refractivity contribution >= 4 is 33.2 Å². The Balaban J connectivity index is 2.72. The molecule has 1 aromatic heterocycles. The van der Waals surface area contributed by atoms with Gasteiger partial charge in [-0.1, -0.05) is 21.9 Å². The maximum Gasteiger partial charge on any atom is 0.357 e. The van der Waals surface area contributed by atoms with Crippen molar-refractivity contribution in [1.82, 2.24) is 4.98 Å². The minimum Gasteiger partial charge on any atom is -0.461 e. The standard InChI is InChI=1S/C9H8BrNO2S/c1-2-13-9(12)7-6-14-8(11-7)4-3-5-10/h6H,2,5H2,1H3. The van der Waals surface area contributed by atoms with E-state index >= 15 is 0 Å². The molecule has 0 atom stereocenters. The first-order valence-electron chi connectivity index (χ1n) is 3.95. The molecule has 0 radical (unpaired) electrons. The number of carbonyl (C=O) groups is 1. The SMILES string of the molecule is CCOC(=O)c1csc(C#CCBr)n1. The van der Waals surface area contributed by atoms with Crippen molar-refractivity contribution < 1.29 is 9.53 Å². The van der Waals surface area contributed by atoms with Crippen molar-refractivity contribution in [2.45, 2.75) is 6.92 Å². The molecule has 1 heterocycles. The summed E-state index contributed by atoms with van der Waals surface area (Å²) in [5.41, 5.74) is 0.329. The Bertz CT molecular complexity index is 378. The molecule has 0 aliphatic carbocycles. The quantitative estimate of drug-likeness (QED) is 0.471. The number of hydrogen-bond acceptors (Lipinski definition) is 4. The summed E-state index contributed by atoms with van der Waals surface area (Å²) in [5.74, 6) is 5.23. The zero-order valence-corrected chi connectivity index (χ0v) is 9.94. The summed E-state index contributed by atoms with van der Waals surface area (Å²) in [6.45, 7) is 2.12. The third-order valence-electron chi connectivity index (χ3n) is 1.25. The highest BCUT2D eigenvalue weighted by molar-refractivity contribution is 9.09. The second-order valence-corrected chi connectivity index (χ2v) is 3.61. The molecular formula is C9H8BrNO2S. The Hall–Kier alpha value is -0.860. The lowest BCUT2D eigenvalue weighted by molar-refractivity contribution is 0.0520. The fraction of sp³-hybridized carbons (Fsp3) is 0.333. The van der Waals surface area contributed by atoms with E-state index in [9.17, 15) is 4.79 Å². The molecule has 74 valence electrons. The van der Waals surface area contributed by atoms with Crippen LogP contribution in [0.4, 0.5) is 0 Å². The maximum absolute atomic E-state index is 11.2. The Labute approximate surface area is 94.6 Å². The number of nitrogens with zero attached hydrogens (tertiary/aromatic N) is 1. The lowest BCUT2D eigenvalue weighted by atomic mass is 10.5. The van der Waals surface area contributed by atoms with Gasteiger partial charge in [0.2, 0.25) is 0 Å². The summed E-state index contributed by atoms with van der Waals surface area (Å²) in [6.07, 6.45) is 0. The highest BCUT2D eigenvalue weighted by Gasteiger charge is 2.09. The molecule has 0 saturated heterocycles. The van der Waals surface area contributed by atoms with E-state index in [1.54, 1.807) is 12.3 Å². The average Bonchev–Trinajstić information content (AvgIpc) is 2.63. The minimum atomic E-state index is -0.393. The number of esters is 1. The van der Waals surface area contributed by atoms with Gasteiger partial charge in [-0.2, -0.15) is 0 Å². The molecular weight excluding hydrogens is 266 g/mol. The van der Waals surface area contributed by atoms with Gasteiger partial charge in [-0.25, -0.2) is 9.78 Å². The molecule has 0 amide bonds. The monoisotopic (exact) mass is 273 g/mol. The van der Waals surface area contributed by atoms with Crippen molar-refractivity contribution in [2.75, 3.05) is 11.9 Å². The molecule has 14 heavy (non-hydrogen) atoms. The van der Waals surface area contributed by atoms with E-state index in [0.29, 0.717) is 22.6 Å². The first kappa shape index (κ1) is 11.2. The number of alkyl halides is 1. The first-order valence-corrected chi connectivity index (χ1v) is 5.95. The van der Waals surface area contributed by atoms with Crippen LogP contribution in [0.1, 0.15) is 22.4 Å². The summed E-state index contributed by atoms with van der Waals surface area (Å²) < 4.78 is 4.79. The summed E-state index contributed by atoms with van der Waals surface area (Å²) in [7, 11) is 0. The van der Waals surface area contributed by atoms with Crippen LogP contribution < -0.4 is 0 Å². The fourth-order valence-electron chi connectivity index (χ4n) is 0.739. The number of carbonyl (C=O) groups excluding carboxylic acids is 1. The fourth-order valence-corrected chi connectivity index (χ4v) is 1.53. The van der Waals surface area contributed by atoms with E-state index in [1.807, 2.05) is 0 Å². The van der Waals surface area contributed by atoms with E-state index in [4.69, 9.17) is 4.74 Å². The number of ether oxygens (including phenoxy) is 1. The highest BCUT2D eigenvalue weighted by Crippen LogP contribution is 2.09. The Kier molecular flexibility index (Phi) is 4.63. The van der Waals surface area contributed by atoms with E-state index in [2.05, 4.69) is 32.8 Å². The Morgan fingerprint density at radius 1 is 1.79 bits per heavy atom. The molecule has 0 fully saturated rings. The molecule has 0 aromatic carbocycles. The molecule has 1 aromatic rings. The van der Waals surface area contributed by atoms with Gasteiger partial charge in [-0.15, -0.1) is 11.3 Å². The zero-order valence-electron chi connectivity index (χ0n) is 7.54. The second kappa shape index (κ2) is 5.78. The van der Waals surface area contributed by atoms with Crippen LogP contribution in [0.25, 0.3) is 0 Å². The molecule has 0 aliphatic rings. The highest BCUT2D eigenvalue weighted by atomic mass is 79.9. The second-order valence-electron chi connectivity index (χ2n) is 2.19. The summed E-state index contributed by atoms with van der Waals surface area (Å²) >= 11 is 4.52. The molecule has 0 aliphatic heterocycles. The van der Waals surface area contributed by atoms with Crippen molar-refractivity contribution in [3.63, 3.8) is 0 Å². The average molecular weight is 274 g/mol. The van der Waals surface area contributed by atoms with E-state index in [0.717, 1.165) is 0 Å². The van der Waals surface area contributed by atoms with Crippen LogP contribution in [0.2, 0.25) is 0 Å². The molecule has 5 heteroatoms. The van der Waals surface area contributed by atoms with Gasteiger partial charge in [-0.3, -0.25) is 0 Å². The summed E-state index contributed by atoms with van der Waals surface area (Å²) in [4.78, 5) is 15.2. The molecule has 0 spiro atoms. The van der Waals surface area contributed by atoms with Crippen LogP contribution in [0.15, 0.2) is 5.38 Å². The predicted molar refractivity (Wildman–Crippen MR) is 58.7 cm³/mol. The normalized spacial score (nSPS) is 9.00. The van der Waals surface area contributed by atoms with Crippen molar-refractivity contribution in [3.8, 4) is 11.8 Å². The van der Waals surface area contributed by atoms with Gasteiger partial charge in [0.15, 0.2) is 10.7 Å². The van der Waals surface area contributed by atoms with Crippen LogP contribution in [0.3, 0.4) is 0 Å². The van der Waals surface area contributed by atoms with Crippen LogP contribution in [-0.2, 0) is 4.74 Å². The summed E-state index contributed by atoms with van der Waals surface area (Å²) in [6, 6.07) is 0. The number of hydrogen-bond donors (Lipinski definition) is 0. The van der Waals surface area contributed by atoms with Gasteiger partial charge in [0.25, 0.3) is 0 Å². The van der Waals surface area contributed by atoms with Crippen molar-refractivity contribution in [3.05, 3.63) is 16.1 Å². The Morgan fingerprint density at radius 2 is 2.57 bits per heavy atom. The number of aromatic nitrogens is 1. The maximum atomic E-state index is 11.2. The smallest absolute Gasteiger partial charge is 0.357 e. The third-order valence-corrected chi connectivity index (χ3v) is 2.29. The van der Waals surface area contributed by atoms with Gasteiger partial charge in [-0.05, 0) is 12.8 Å². The van der Waals surface area contributed by atoms with Gasteiger partial charge < -0.3 is 4.74 Å². The zero-order chi connectivity index (χ0) is 10.4. The van der Waals surface area contributed by atoms with E-state index in [-0.39, 0.29) is 0 Å². The number of thiazole rings is 1. The van der Waals surface area contributed by atoms with Crippen LogP contribution in [0, 0.1) is 11.8 Å².